The third-order valence-electron chi connectivity index (χ3n) is 5.87. The second kappa shape index (κ2) is 8.78. The summed E-state index contributed by atoms with van der Waals surface area (Å²) in [4.78, 5) is 26.6. The van der Waals surface area contributed by atoms with E-state index in [0.717, 1.165) is 28.5 Å². The second-order valence-electron chi connectivity index (χ2n) is 7.92. The van der Waals surface area contributed by atoms with E-state index >= 15 is 0 Å². The van der Waals surface area contributed by atoms with E-state index in [2.05, 4.69) is 21.5 Å². The van der Waals surface area contributed by atoms with E-state index in [0.29, 0.717) is 24.5 Å². The molecule has 164 valence electrons. The fraction of sp³-hybridized carbons (Fsp3) is 0.154. The van der Waals surface area contributed by atoms with Gasteiger partial charge in [-0.3, -0.25) is 4.79 Å². The number of likely N-dealkylation sites (tertiary alicyclic amines) is 1. The average molecular weight is 440 g/mol. The minimum Gasteiger partial charge on any atom is -0.436 e. The van der Waals surface area contributed by atoms with Crippen molar-refractivity contribution in [1.82, 2.24) is 19.9 Å². The van der Waals surface area contributed by atoms with Crippen LogP contribution in [0.5, 0.6) is 11.6 Å². The number of aromatic nitrogens is 3. The summed E-state index contributed by atoms with van der Waals surface area (Å²) < 4.78 is 20.5. The highest BCUT2D eigenvalue weighted by molar-refractivity contribution is 5.89. The Bertz CT molecular complexity index is 1340. The number of benzene rings is 2. The summed E-state index contributed by atoms with van der Waals surface area (Å²) in [7, 11) is 0. The molecule has 33 heavy (non-hydrogen) atoms. The Balaban J connectivity index is 1.51. The summed E-state index contributed by atoms with van der Waals surface area (Å²) in [5, 5.41) is 0.868. The van der Waals surface area contributed by atoms with Crippen LogP contribution < -0.4 is 4.74 Å². The molecule has 0 bridgehead atoms. The van der Waals surface area contributed by atoms with Crippen LogP contribution in [-0.2, 0) is 4.79 Å². The van der Waals surface area contributed by atoms with Crippen molar-refractivity contribution in [3.05, 3.63) is 91.3 Å². The Kier molecular flexibility index (Phi) is 5.52. The number of ether oxygens (including phenoxy) is 1. The van der Waals surface area contributed by atoms with E-state index in [4.69, 9.17) is 4.74 Å². The van der Waals surface area contributed by atoms with Gasteiger partial charge in [-0.05, 0) is 59.5 Å². The lowest BCUT2D eigenvalue weighted by Gasteiger charge is -2.17. The Morgan fingerprint density at radius 2 is 2.06 bits per heavy atom. The lowest BCUT2D eigenvalue weighted by Crippen LogP contribution is -2.26. The molecule has 2 aromatic carbocycles. The Morgan fingerprint density at radius 1 is 1.15 bits per heavy atom. The Labute approximate surface area is 190 Å². The van der Waals surface area contributed by atoms with Crippen LogP contribution in [0, 0.1) is 5.82 Å². The summed E-state index contributed by atoms with van der Waals surface area (Å²) in [5.74, 6) is 0.0130. The van der Waals surface area contributed by atoms with Crippen molar-refractivity contribution < 1.29 is 13.9 Å². The van der Waals surface area contributed by atoms with Crippen molar-refractivity contribution >= 4 is 16.8 Å². The molecule has 0 spiro atoms. The third-order valence-corrected chi connectivity index (χ3v) is 5.87. The van der Waals surface area contributed by atoms with Gasteiger partial charge in [0.2, 0.25) is 11.8 Å². The van der Waals surface area contributed by atoms with Gasteiger partial charge in [0.1, 0.15) is 6.33 Å². The molecule has 0 radical (unpaired) electrons. The molecule has 7 heteroatoms. The van der Waals surface area contributed by atoms with Crippen molar-refractivity contribution in [2.24, 2.45) is 0 Å². The predicted molar refractivity (Wildman–Crippen MR) is 123 cm³/mol. The van der Waals surface area contributed by atoms with E-state index < -0.39 is 5.82 Å². The van der Waals surface area contributed by atoms with Gasteiger partial charge in [0.25, 0.3) is 0 Å². The van der Waals surface area contributed by atoms with Crippen LogP contribution in [0.25, 0.3) is 22.0 Å². The molecular weight excluding hydrogens is 419 g/mol. The lowest BCUT2D eigenvalue weighted by atomic mass is 9.92. The molecule has 1 aliphatic rings. The molecule has 1 atom stereocenters. The molecule has 5 rings (SSSR count). The van der Waals surface area contributed by atoms with Gasteiger partial charge in [0, 0.05) is 42.9 Å². The van der Waals surface area contributed by atoms with Gasteiger partial charge in [-0.2, -0.15) is 0 Å². The van der Waals surface area contributed by atoms with Gasteiger partial charge in [0.15, 0.2) is 11.6 Å². The molecule has 1 unspecified atom stereocenters. The number of amides is 1. The highest BCUT2D eigenvalue weighted by Crippen LogP contribution is 2.36. The number of hydrogen-bond donors (Lipinski definition) is 0. The maximum atomic E-state index is 14.9. The molecule has 1 aliphatic heterocycles. The topological polar surface area (TPSA) is 68.2 Å². The first kappa shape index (κ1) is 20.8. The number of pyridine rings is 1. The SMILES string of the molecule is C=CC(=O)N1CCC(c2cc(-c3ccc(Oc4ccccn4)c(F)c3)cc3cncnc23)C1. The lowest BCUT2D eigenvalue weighted by molar-refractivity contribution is -0.125. The summed E-state index contributed by atoms with van der Waals surface area (Å²) in [5.41, 5.74) is 3.44. The maximum absolute atomic E-state index is 14.9. The van der Waals surface area contributed by atoms with E-state index in [1.807, 2.05) is 18.2 Å². The molecule has 0 saturated carbocycles. The van der Waals surface area contributed by atoms with Gasteiger partial charge in [0.05, 0.1) is 5.52 Å². The van der Waals surface area contributed by atoms with Crippen LogP contribution in [0.4, 0.5) is 4.39 Å². The molecule has 3 heterocycles. The fourth-order valence-corrected chi connectivity index (χ4v) is 4.24. The number of halogens is 1. The summed E-state index contributed by atoms with van der Waals surface area (Å²) in [6, 6.07) is 14.1. The van der Waals surface area contributed by atoms with Crippen molar-refractivity contribution in [3.8, 4) is 22.8 Å². The highest BCUT2D eigenvalue weighted by atomic mass is 19.1. The smallest absolute Gasteiger partial charge is 0.245 e. The normalized spacial score (nSPS) is 15.5. The van der Waals surface area contributed by atoms with Gasteiger partial charge >= 0.3 is 0 Å². The number of nitrogens with zero attached hydrogens (tertiary/aromatic N) is 4. The average Bonchev–Trinajstić information content (AvgIpc) is 3.35. The molecule has 1 saturated heterocycles. The van der Waals surface area contributed by atoms with Crippen LogP contribution in [0.2, 0.25) is 0 Å². The van der Waals surface area contributed by atoms with Crippen LogP contribution in [0.3, 0.4) is 0 Å². The van der Waals surface area contributed by atoms with Crippen molar-refractivity contribution in [1.29, 1.82) is 0 Å². The minimum absolute atomic E-state index is 0.0712. The number of rotatable bonds is 5. The largest absolute Gasteiger partial charge is 0.436 e. The zero-order valence-corrected chi connectivity index (χ0v) is 17.8. The number of fused-ring (bicyclic) bond motifs is 1. The third kappa shape index (κ3) is 4.17. The number of carbonyl (C=O) groups excluding carboxylic acids is 1. The summed E-state index contributed by atoms with van der Waals surface area (Å²) >= 11 is 0. The fourth-order valence-electron chi connectivity index (χ4n) is 4.24. The summed E-state index contributed by atoms with van der Waals surface area (Å²) in [6.45, 7) is 4.85. The second-order valence-corrected chi connectivity index (χ2v) is 7.92. The van der Waals surface area contributed by atoms with Crippen molar-refractivity contribution in [3.63, 3.8) is 0 Å². The molecule has 1 fully saturated rings. The van der Waals surface area contributed by atoms with Gasteiger partial charge < -0.3 is 9.64 Å². The van der Waals surface area contributed by atoms with Crippen molar-refractivity contribution in [2.45, 2.75) is 12.3 Å². The highest BCUT2D eigenvalue weighted by Gasteiger charge is 2.28. The van der Waals surface area contributed by atoms with Crippen LogP contribution in [0.1, 0.15) is 17.9 Å². The molecule has 2 aromatic heterocycles. The standard InChI is InChI=1S/C26H21FN4O2/c1-2-25(32)31-10-8-18(15-31)21-12-19(11-20-14-28-16-30-26(20)21)17-6-7-23(22(27)13-17)33-24-5-3-4-9-29-24/h2-7,9,11-14,16,18H,1,8,10,15H2. The van der Waals surface area contributed by atoms with Crippen LogP contribution in [-0.4, -0.2) is 38.8 Å². The van der Waals surface area contributed by atoms with Gasteiger partial charge in [-0.1, -0.05) is 18.7 Å². The predicted octanol–water partition coefficient (Wildman–Crippen LogP) is 5.13. The van der Waals surface area contributed by atoms with Crippen molar-refractivity contribution in [2.75, 3.05) is 13.1 Å². The van der Waals surface area contributed by atoms with E-state index in [9.17, 15) is 9.18 Å². The first-order valence-corrected chi connectivity index (χ1v) is 10.7. The number of hydrogen-bond acceptors (Lipinski definition) is 5. The molecular formula is C26H21FN4O2. The minimum atomic E-state index is -0.479. The summed E-state index contributed by atoms with van der Waals surface area (Å²) in [6.07, 6.45) is 7.04. The van der Waals surface area contributed by atoms with E-state index in [1.54, 1.807) is 41.6 Å². The molecule has 0 N–H and O–H groups in total. The van der Waals surface area contributed by atoms with Crippen LogP contribution >= 0.6 is 0 Å². The van der Waals surface area contributed by atoms with E-state index in [1.165, 1.54) is 18.5 Å². The van der Waals surface area contributed by atoms with Gasteiger partial charge in [-0.15, -0.1) is 0 Å². The molecule has 4 aromatic rings. The molecule has 0 aliphatic carbocycles. The zero-order valence-electron chi connectivity index (χ0n) is 17.8. The first-order chi connectivity index (χ1) is 16.1. The monoisotopic (exact) mass is 440 g/mol. The zero-order chi connectivity index (χ0) is 22.8. The Hall–Kier alpha value is -4.13. The number of carbonyl (C=O) groups is 1. The molecule has 6 nitrogen and oxygen atoms in total. The first-order valence-electron chi connectivity index (χ1n) is 10.7. The maximum Gasteiger partial charge on any atom is 0.245 e. The Morgan fingerprint density at radius 3 is 2.85 bits per heavy atom. The quantitative estimate of drug-likeness (QED) is 0.403. The van der Waals surface area contributed by atoms with Crippen LogP contribution in [0.15, 0.2) is 79.9 Å². The molecule has 1 amide bonds. The van der Waals surface area contributed by atoms with Gasteiger partial charge in [-0.25, -0.2) is 19.3 Å². The van der Waals surface area contributed by atoms with E-state index in [-0.39, 0.29) is 17.6 Å².